The molecule has 0 bridgehead atoms. The Balaban J connectivity index is 2.00. The molecule has 1 aliphatic heterocycles. The molecule has 30 heavy (non-hydrogen) atoms. The van der Waals surface area contributed by atoms with Crippen LogP contribution in [0.15, 0.2) is 29.2 Å². The number of carbonyl (C=O) groups is 2. The minimum atomic E-state index is -3.57. The molecule has 0 spiro atoms. The van der Waals surface area contributed by atoms with Gasteiger partial charge >= 0.3 is 5.97 Å². The summed E-state index contributed by atoms with van der Waals surface area (Å²) in [7, 11) is -3.57. The summed E-state index contributed by atoms with van der Waals surface area (Å²) in [5, 5.41) is 3.20. The van der Waals surface area contributed by atoms with Crippen LogP contribution in [0.2, 0.25) is 0 Å². The van der Waals surface area contributed by atoms with Crippen molar-refractivity contribution in [1.82, 2.24) is 4.90 Å². The highest BCUT2D eigenvalue weighted by Crippen LogP contribution is 2.38. The van der Waals surface area contributed by atoms with Gasteiger partial charge in [-0.05, 0) is 37.6 Å². The van der Waals surface area contributed by atoms with E-state index in [0.29, 0.717) is 23.5 Å². The predicted molar refractivity (Wildman–Crippen MR) is 117 cm³/mol. The zero-order valence-corrected chi connectivity index (χ0v) is 19.0. The van der Waals surface area contributed by atoms with Crippen LogP contribution in [0.5, 0.6) is 0 Å². The number of nitrogens with one attached hydrogen (secondary N) is 1. The summed E-state index contributed by atoms with van der Waals surface area (Å²) < 4.78 is 30.1. The molecule has 1 aliphatic rings. The van der Waals surface area contributed by atoms with Gasteiger partial charge in [0, 0.05) is 18.0 Å². The van der Waals surface area contributed by atoms with Crippen LogP contribution in [0.1, 0.15) is 51.9 Å². The second kappa shape index (κ2) is 9.28. The zero-order valence-electron chi connectivity index (χ0n) is 17.4. The fourth-order valence-corrected chi connectivity index (χ4v) is 5.85. The first kappa shape index (κ1) is 22.5. The molecule has 0 saturated carbocycles. The molecule has 0 unspecified atom stereocenters. The van der Waals surface area contributed by atoms with Crippen molar-refractivity contribution in [2.45, 2.75) is 38.6 Å². The monoisotopic (exact) mass is 450 g/mol. The lowest BCUT2D eigenvalue weighted by atomic mass is 10.0. The maximum Gasteiger partial charge on any atom is 0.341 e. The molecule has 9 heteroatoms. The summed E-state index contributed by atoms with van der Waals surface area (Å²) in [6.07, 6.45) is 0.699. The number of hydrogen-bond donors (Lipinski definition) is 1. The molecule has 1 N–H and O–H groups in total. The number of sulfone groups is 1. The summed E-state index contributed by atoms with van der Waals surface area (Å²) >= 11 is 1.35. The van der Waals surface area contributed by atoms with Crippen molar-refractivity contribution in [2.75, 3.05) is 30.8 Å². The van der Waals surface area contributed by atoms with E-state index in [-0.39, 0.29) is 22.8 Å². The number of carbonyl (C=O) groups excluding carboxylic acids is 2. The molecule has 1 amide bonds. The highest BCUT2D eigenvalue weighted by atomic mass is 32.2. The van der Waals surface area contributed by atoms with Crippen LogP contribution < -0.4 is 5.32 Å². The number of thiophene rings is 1. The number of fused-ring (bicyclic) bond motifs is 1. The molecule has 3 rings (SSSR count). The van der Waals surface area contributed by atoms with E-state index in [0.717, 1.165) is 23.5 Å². The normalized spacial score (nSPS) is 14.2. The number of hydrogen-bond acceptors (Lipinski definition) is 7. The average Bonchev–Trinajstić information content (AvgIpc) is 3.10. The molecule has 0 radical (unpaired) electrons. The molecule has 1 aromatic carbocycles. The SMILES string of the molecule is CCOC(=O)c1c(NC(=O)c2ccccc2S(=O)(=O)CC)sc2c1CCN(CC)C2. The molecule has 0 aliphatic carbocycles. The Morgan fingerprint density at radius 2 is 1.93 bits per heavy atom. The van der Waals surface area contributed by atoms with Gasteiger partial charge in [-0.15, -0.1) is 11.3 Å². The van der Waals surface area contributed by atoms with Crippen molar-refractivity contribution >= 4 is 38.1 Å². The molecule has 162 valence electrons. The minimum absolute atomic E-state index is 0.0128. The van der Waals surface area contributed by atoms with Crippen molar-refractivity contribution in [1.29, 1.82) is 0 Å². The fraction of sp³-hybridized carbons (Fsp3) is 0.429. The predicted octanol–water partition coefficient (Wildman–Crippen LogP) is 3.35. The summed E-state index contributed by atoms with van der Waals surface area (Å²) in [6, 6.07) is 6.12. The Bertz CT molecular complexity index is 1060. The van der Waals surface area contributed by atoms with Gasteiger partial charge in [0.05, 0.1) is 28.4 Å². The Hall–Kier alpha value is -2.23. The number of amides is 1. The lowest BCUT2D eigenvalue weighted by molar-refractivity contribution is 0.0526. The van der Waals surface area contributed by atoms with Gasteiger partial charge in [0.2, 0.25) is 0 Å². The Morgan fingerprint density at radius 1 is 1.20 bits per heavy atom. The van der Waals surface area contributed by atoms with E-state index < -0.39 is 21.7 Å². The van der Waals surface area contributed by atoms with E-state index in [4.69, 9.17) is 4.74 Å². The second-order valence-corrected chi connectivity index (χ2v) is 10.3. The van der Waals surface area contributed by atoms with Gasteiger partial charge in [-0.25, -0.2) is 13.2 Å². The highest BCUT2D eigenvalue weighted by Gasteiger charge is 2.30. The number of anilines is 1. The molecule has 0 atom stereocenters. The average molecular weight is 451 g/mol. The molecule has 2 heterocycles. The molecular weight excluding hydrogens is 424 g/mol. The first-order valence-electron chi connectivity index (χ1n) is 9.99. The van der Waals surface area contributed by atoms with Gasteiger partial charge < -0.3 is 10.1 Å². The first-order chi connectivity index (χ1) is 14.3. The standard InChI is InChI=1S/C21H26N2O5S2/c1-4-23-12-11-14-16(13-23)29-20(18(14)21(25)28-5-2)22-19(24)15-9-7-8-10-17(15)30(26,27)6-3/h7-10H,4-6,11-13H2,1-3H3,(H,22,24). The van der Waals surface area contributed by atoms with E-state index in [1.807, 2.05) is 0 Å². The van der Waals surface area contributed by atoms with Crippen LogP contribution in [0.25, 0.3) is 0 Å². The van der Waals surface area contributed by atoms with E-state index >= 15 is 0 Å². The summed E-state index contributed by atoms with van der Waals surface area (Å²) in [5.41, 5.74) is 1.36. The second-order valence-electron chi connectivity index (χ2n) is 6.90. The maximum absolute atomic E-state index is 13.0. The van der Waals surface area contributed by atoms with Gasteiger partial charge in [0.15, 0.2) is 9.84 Å². The van der Waals surface area contributed by atoms with Crippen molar-refractivity contribution in [3.8, 4) is 0 Å². The number of rotatable bonds is 7. The van der Waals surface area contributed by atoms with Crippen molar-refractivity contribution < 1.29 is 22.7 Å². The molecule has 7 nitrogen and oxygen atoms in total. The van der Waals surface area contributed by atoms with Gasteiger partial charge in [0.25, 0.3) is 5.91 Å². The van der Waals surface area contributed by atoms with Crippen LogP contribution >= 0.6 is 11.3 Å². The summed E-state index contributed by atoms with van der Waals surface area (Å²) in [6.45, 7) is 8.02. The number of esters is 1. The van der Waals surface area contributed by atoms with E-state index in [2.05, 4.69) is 17.1 Å². The van der Waals surface area contributed by atoms with E-state index in [1.165, 1.54) is 30.4 Å². The molecule has 0 fully saturated rings. The van der Waals surface area contributed by atoms with Crippen LogP contribution in [0, 0.1) is 0 Å². The zero-order chi connectivity index (χ0) is 21.9. The quantitative estimate of drug-likeness (QED) is 0.651. The minimum Gasteiger partial charge on any atom is -0.462 e. The first-order valence-corrected chi connectivity index (χ1v) is 12.5. The third-order valence-corrected chi connectivity index (χ3v) is 8.05. The smallest absolute Gasteiger partial charge is 0.341 e. The molecule has 2 aromatic rings. The van der Waals surface area contributed by atoms with Gasteiger partial charge in [-0.1, -0.05) is 26.0 Å². The van der Waals surface area contributed by atoms with Crippen LogP contribution in [0.4, 0.5) is 5.00 Å². The lowest BCUT2D eigenvalue weighted by Crippen LogP contribution is -2.30. The Morgan fingerprint density at radius 3 is 2.60 bits per heavy atom. The number of ether oxygens (including phenoxy) is 1. The summed E-state index contributed by atoms with van der Waals surface area (Å²) in [4.78, 5) is 29.0. The lowest BCUT2D eigenvalue weighted by Gasteiger charge is -2.25. The van der Waals surface area contributed by atoms with Crippen LogP contribution in [-0.2, 0) is 27.5 Å². The van der Waals surface area contributed by atoms with Crippen LogP contribution in [-0.4, -0.2) is 50.6 Å². The van der Waals surface area contributed by atoms with Gasteiger partial charge in [0.1, 0.15) is 5.00 Å². The number of likely N-dealkylation sites (N-methyl/N-ethyl adjacent to an activating group) is 1. The maximum atomic E-state index is 13.0. The molecule has 0 saturated heterocycles. The van der Waals surface area contributed by atoms with Gasteiger partial charge in [-0.3, -0.25) is 9.69 Å². The van der Waals surface area contributed by atoms with Crippen molar-refractivity contribution in [3.63, 3.8) is 0 Å². The van der Waals surface area contributed by atoms with Crippen molar-refractivity contribution in [3.05, 3.63) is 45.8 Å². The van der Waals surface area contributed by atoms with Crippen molar-refractivity contribution in [2.24, 2.45) is 0 Å². The Kier molecular flexibility index (Phi) is 6.95. The number of nitrogens with zero attached hydrogens (tertiary/aromatic N) is 1. The van der Waals surface area contributed by atoms with Gasteiger partial charge in [-0.2, -0.15) is 0 Å². The number of benzene rings is 1. The largest absolute Gasteiger partial charge is 0.462 e. The summed E-state index contributed by atoms with van der Waals surface area (Å²) in [5.74, 6) is -1.13. The highest BCUT2D eigenvalue weighted by molar-refractivity contribution is 7.91. The molecule has 1 aromatic heterocycles. The molecular formula is C21H26N2O5S2. The van der Waals surface area contributed by atoms with E-state index in [9.17, 15) is 18.0 Å². The van der Waals surface area contributed by atoms with Crippen LogP contribution in [0.3, 0.4) is 0 Å². The third kappa shape index (κ3) is 4.43. The fourth-order valence-electron chi connectivity index (χ4n) is 3.48. The van der Waals surface area contributed by atoms with E-state index in [1.54, 1.807) is 19.1 Å². The Labute approximate surface area is 181 Å². The topological polar surface area (TPSA) is 92.8 Å². The third-order valence-electron chi connectivity index (χ3n) is 5.14.